The third-order valence-corrected chi connectivity index (χ3v) is 3.27. The molecule has 2 aromatic rings. The molecule has 0 amide bonds. The van der Waals surface area contributed by atoms with Gasteiger partial charge in [0.15, 0.2) is 11.6 Å². The first-order chi connectivity index (χ1) is 10.0. The van der Waals surface area contributed by atoms with Crippen LogP contribution in [0.2, 0.25) is 0 Å². The van der Waals surface area contributed by atoms with Gasteiger partial charge in [0.25, 0.3) is 0 Å². The fraction of sp³-hybridized carbons (Fsp3) is 0.294. The summed E-state index contributed by atoms with van der Waals surface area (Å²) in [7, 11) is 1.44. The molecule has 0 spiro atoms. The van der Waals surface area contributed by atoms with Crippen LogP contribution in [0.4, 0.5) is 4.39 Å². The monoisotopic (exact) mass is 289 g/mol. The van der Waals surface area contributed by atoms with E-state index in [2.05, 4.69) is 0 Å². The molecule has 0 radical (unpaired) electrons. The van der Waals surface area contributed by atoms with Gasteiger partial charge < -0.3 is 15.2 Å². The number of nitrogens with two attached hydrogens (primary N) is 1. The Morgan fingerprint density at radius 1 is 1.14 bits per heavy atom. The van der Waals surface area contributed by atoms with Gasteiger partial charge >= 0.3 is 0 Å². The predicted octanol–water partition coefficient (Wildman–Crippen LogP) is 3.74. The first-order valence-corrected chi connectivity index (χ1v) is 6.82. The number of halogens is 1. The Hall–Kier alpha value is -2.07. The van der Waals surface area contributed by atoms with E-state index >= 15 is 0 Å². The van der Waals surface area contributed by atoms with Crippen LogP contribution in [-0.2, 0) is 6.61 Å². The molecule has 2 N–H and O–H groups in total. The van der Waals surface area contributed by atoms with Gasteiger partial charge in [0, 0.05) is 11.6 Å². The Bertz CT molecular complexity index is 626. The molecular formula is C17H20FNO2. The van der Waals surface area contributed by atoms with E-state index in [9.17, 15) is 4.39 Å². The van der Waals surface area contributed by atoms with Crippen LogP contribution in [0.1, 0.15) is 29.7 Å². The van der Waals surface area contributed by atoms with Crippen molar-refractivity contribution in [2.45, 2.75) is 26.5 Å². The van der Waals surface area contributed by atoms with Crippen LogP contribution in [0.5, 0.6) is 11.5 Å². The summed E-state index contributed by atoms with van der Waals surface area (Å²) in [6.07, 6.45) is 0. The molecule has 0 aliphatic rings. The van der Waals surface area contributed by atoms with E-state index in [-0.39, 0.29) is 18.4 Å². The highest BCUT2D eigenvalue weighted by Crippen LogP contribution is 2.26. The molecule has 0 heterocycles. The number of hydrogen-bond acceptors (Lipinski definition) is 3. The summed E-state index contributed by atoms with van der Waals surface area (Å²) in [4.78, 5) is 0. The summed E-state index contributed by atoms with van der Waals surface area (Å²) in [6, 6.07) is 10.6. The predicted molar refractivity (Wildman–Crippen MR) is 81.1 cm³/mol. The Kier molecular flexibility index (Phi) is 4.81. The van der Waals surface area contributed by atoms with Gasteiger partial charge in [-0.25, -0.2) is 4.39 Å². The van der Waals surface area contributed by atoms with Crippen molar-refractivity contribution >= 4 is 0 Å². The van der Waals surface area contributed by atoms with Gasteiger partial charge in [0.05, 0.1) is 7.11 Å². The molecule has 0 fully saturated rings. The second-order valence-corrected chi connectivity index (χ2v) is 5.09. The summed E-state index contributed by atoms with van der Waals surface area (Å²) in [5, 5.41) is 0. The van der Waals surface area contributed by atoms with Crippen LogP contribution < -0.4 is 15.2 Å². The van der Waals surface area contributed by atoms with Crippen molar-refractivity contribution in [3.05, 3.63) is 58.9 Å². The third-order valence-electron chi connectivity index (χ3n) is 3.27. The standard InChI is InChI=1S/C17H20FNO2/c1-11-4-6-14(12(2)19)17(8-11)21-10-13-5-7-16(20-3)15(18)9-13/h4-9,12H,10,19H2,1-3H3. The Morgan fingerprint density at radius 2 is 1.90 bits per heavy atom. The second kappa shape index (κ2) is 6.59. The average molecular weight is 289 g/mol. The molecule has 0 saturated carbocycles. The van der Waals surface area contributed by atoms with Crippen molar-refractivity contribution in [2.24, 2.45) is 5.73 Å². The molecule has 0 saturated heterocycles. The van der Waals surface area contributed by atoms with Crippen LogP contribution in [0.3, 0.4) is 0 Å². The maximum Gasteiger partial charge on any atom is 0.165 e. The summed E-state index contributed by atoms with van der Waals surface area (Å²) < 4.78 is 24.4. The Morgan fingerprint density at radius 3 is 2.52 bits per heavy atom. The second-order valence-electron chi connectivity index (χ2n) is 5.09. The van der Waals surface area contributed by atoms with Crippen molar-refractivity contribution in [3.63, 3.8) is 0 Å². The fourth-order valence-electron chi connectivity index (χ4n) is 2.10. The van der Waals surface area contributed by atoms with E-state index in [1.165, 1.54) is 13.2 Å². The van der Waals surface area contributed by atoms with Gasteiger partial charge in [0.2, 0.25) is 0 Å². The van der Waals surface area contributed by atoms with Crippen LogP contribution in [0, 0.1) is 12.7 Å². The van der Waals surface area contributed by atoms with E-state index in [1.54, 1.807) is 12.1 Å². The van der Waals surface area contributed by atoms with Gasteiger partial charge in [-0.05, 0) is 43.2 Å². The van der Waals surface area contributed by atoms with Gasteiger partial charge in [-0.1, -0.05) is 18.2 Å². The van der Waals surface area contributed by atoms with Gasteiger partial charge in [0.1, 0.15) is 12.4 Å². The first-order valence-electron chi connectivity index (χ1n) is 6.82. The molecular weight excluding hydrogens is 269 g/mol. The van der Waals surface area contributed by atoms with Crippen molar-refractivity contribution in [1.29, 1.82) is 0 Å². The number of hydrogen-bond donors (Lipinski definition) is 1. The minimum Gasteiger partial charge on any atom is -0.494 e. The fourth-order valence-corrected chi connectivity index (χ4v) is 2.10. The van der Waals surface area contributed by atoms with Crippen LogP contribution in [0.15, 0.2) is 36.4 Å². The van der Waals surface area contributed by atoms with Gasteiger partial charge in [-0.15, -0.1) is 0 Å². The maximum absolute atomic E-state index is 13.6. The average Bonchev–Trinajstić information content (AvgIpc) is 2.45. The van der Waals surface area contributed by atoms with E-state index in [1.807, 2.05) is 32.0 Å². The smallest absolute Gasteiger partial charge is 0.165 e. The van der Waals surface area contributed by atoms with Crippen molar-refractivity contribution in [3.8, 4) is 11.5 Å². The van der Waals surface area contributed by atoms with Crippen molar-refractivity contribution in [2.75, 3.05) is 7.11 Å². The minimum atomic E-state index is -0.393. The summed E-state index contributed by atoms with van der Waals surface area (Å²) in [6.45, 7) is 4.18. The van der Waals surface area contributed by atoms with Crippen LogP contribution in [0.25, 0.3) is 0 Å². The molecule has 2 aromatic carbocycles. The zero-order chi connectivity index (χ0) is 15.4. The highest BCUT2D eigenvalue weighted by molar-refractivity contribution is 5.39. The van der Waals surface area contributed by atoms with Gasteiger partial charge in [-0.3, -0.25) is 0 Å². The molecule has 3 nitrogen and oxygen atoms in total. The molecule has 21 heavy (non-hydrogen) atoms. The topological polar surface area (TPSA) is 44.5 Å². The van der Waals surface area contributed by atoms with Crippen LogP contribution >= 0.6 is 0 Å². The minimum absolute atomic E-state index is 0.117. The number of benzene rings is 2. The van der Waals surface area contributed by atoms with Crippen LogP contribution in [-0.4, -0.2) is 7.11 Å². The SMILES string of the molecule is COc1ccc(COc2cc(C)ccc2C(C)N)cc1F. The number of rotatable bonds is 5. The summed E-state index contributed by atoms with van der Waals surface area (Å²) in [5.74, 6) is 0.571. The van der Waals surface area contributed by atoms with E-state index in [0.717, 1.165) is 22.4 Å². The van der Waals surface area contributed by atoms with E-state index in [4.69, 9.17) is 15.2 Å². The molecule has 1 unspecified atom stereocenters. The number of methoxy groups -OCH3 is 1. The normalized spacial score (nSPS) is 12.0. The molecule has 0 bridgehead atoms. The van der Waals surface area contributed by atoms with Gasteiger partial charge in [-0.2, -0.15) is 0 Å². The molecule has 0 aromatic heterocycles. The largest absolute Gasteiger partial charge is 0.494 e. The Balaban J connectivity index is 2.16. The lowest BCUT2D eigenvalue weighted by atomic mass is 10.1. The molecule has 2 rings (SSSR count). The molecule has 0 aliphatic heterocycles. The molecule has 1 atom stereocenters. The number of ether oxygens (including phenoxy) is 2. The quantitative estimate of drug-likeness (QED) is 0.912. The molecule has 0 aliphatic carbocycles. The lowest BCUT2D eigenvalue weighted by Crippen LogP contribution is -2.08. The maximum atomic E-state index is 13.6. The van der Waals surface area contributed by atoms with Crippen molar-refractivity contribution in [1.82, 2.24) is 0 Å². The highest BCUT2D eigenvalue weighted by atomic mass is 19.1. The number of aryl methyl sites for hydroxylation is 1. The lowest BCUT2D eigenvalue weighted by molar-refractivity contribution is 0.300. The highest BCUT2D eigenvalue weighted by Gasteiger charge is 2.09. The molecule has 112 valence electrons. The molecule has 4 heteroatoms. The third kappa shape index (κ3) is 3.73. The first kappa shape index (κ1) is 15.3. The Labute approximate surface area is 124 Å². The summed E-state index contributed by atoms with van der Waals surface area (Å²) in [5.41, 5.74) is 8.71. The zero-order valence-electron chi connectivity index (χ0n) is 12.5. The van der Waals surface area contributed by atoms with E-state index < -0.39 is 5.82 Å². The summed E-state index contributed by atoms with van der Waals surface area (Å²) >= 11 is 0. The lowest BCUT2D eigenvalue weighted by Gasteiger charge is -2.15. The zero-order valence-corrected chi connectivity index (χ0v) is 12.5. The van der Waals surface area contributed by atoms with E-state index in [0.29, 0.717) is 0 Å². The van der Waals surface area contributed by atoms with Crippen molar-refractivity contribution < 1.29 is 13.9 Å².